The first-order valence-electron chi connectivity index (χ1n) is 9.80. The number of nitrogens with zero attached hydrogens (tertiary/aromatic N) is 2. The number of nitrogens with one attached hydrogen (secondary N) is 1. The van der Waals surface area contributed by atoms with Crippen molar-refractivity contribution < 1.29 is 37.9 Å². The molecule has 0 radical (unpaired) electrons. The van der Waals surface area contributed by atoms with Crippen LogP contribution < -0.4 is 19.5 Å². The number of carbonyl (C=O) groups is 3. The third-order valence-corrected chi connectivity index (χ3v) is 5.62. The van der Waals surface area contributed by atoms with Gasteiger partial charge < -0.3 is 19.5 Å². The van der Waals surface area contributed by atoms with Crippen LogP contribution in [0.5, 0.6) is 17.2 Å². The van der Waals surface area contributed by atoms with E-state index in [1.165, 1.54) is 6.07 Å². The summed E-state index contributed by atoms with van der Waals surface area (Å²) < 4.78 is 29.2. The number of fused-ring (bicyclic) bond motifs is 1. The van der Waals surface area contributed by atoms with Gasteiger partial charge in [0.25, 0.3) is 17.1 Å². The number of rotatable bonds is 8. The first-order valence-corrected chi connectivity index (χ1v) is 10.6. The van der Waals surface area contributed by atoms with Gasteiger partial charge in [0.1, 0.15) is 5.75 Å². The molecule has 0 spiro atoms. The third-order valence-electron chi connectivity index (χ3n) is 4.71. The van der Waals surface area contributed by atoms with Crippen LogP contribution in [0, 0.1) is 15.9 Å². The van der Waals surface area contributed by atoms with Crippen LogP contribution in [-0.4, -0.2) is 53.4 Å². The first kappa shape index (κ1) is 23.0. The van der Waals surface area contributed by atoms with E-state index in [2.05, 4.69) is 5.32 Å². The topological polar surface area (TPSA) is 137 Å². The van der Waals surface area contributed by atoms with Crippen LogP contribution in [0.3, 0.4) is 0 Å². The van der Waals surface area contributed by atoms with E-state index in [-0.39, 0.29) is 30.5 Å². The SMILES string of the molecule is O=C(COc1ccc([N+](=O)[O-])c(F)c1)NCCN1C(=O)S/C(=C/c2ccc3c(c2)OCO3)C1=O. The van der Waals surface area contributed by atoms with Crippen molar-refractivity contribution in [1.82, 2.24) is 10.2 Å². The lowest BCUT2D eigenvalue weighted by Crippen LogP contribution is -2.38. The van der Waals surface area contributed by atoms with Gasteiger partial charge in [0.05, 0.1) is 9.83 Å². The highest BCUT2D eigenvalue weighted by Gasteiger charge is 2.34. The molecule has 176 valence electrons. The molecule has 4 rings (SSSR count). The number of carbonyl (C=O) groups excluding carboxylic acids is 3. The van der Waals surface area contributed by atoms with Gasteiger partial charge in [-0.15, -0.1) is 0 Å². The monoisotopic (exact) mass is 489 g/mol. The Balaban J connectivity index is 1.26. The largest absolute Gasteiger partial charge is 0.484 e. The van der Waals surface area contributed by atoms with E-state index in [0.717, 1.165) is 28.8 Å². The van der Waals surface area contributed by atoms with Crippen molar-refractivity contribution in [1.29, 1.82) is 0 Å². The van der Waals surface area contributed by atoms with Gasteiger partial charge in [-0.3, -0.25) is 29.4 Å². The summed E-state index contributed by atoms with van der Waals surface area (Å²) in [5, 5.41) is 12.6. The van der Waals surface area contributed by atoms with E-state index in [9.17, 15) is 28.9 Å². The van der Waals surface area contributed by atoms with E-state index in [1.54, 1.807) is 24.3 Å². The van der Waals surface area contributed by atoms with Gasteiger partial charge in [-0.05, 0) is 41.6 Å². The number of imide groups is 1. The molecule has 1 fully saturated rings. The molecule has 11 nitrogen and oxygen atoms in total. The molecule has 3 amide bonds. The van der Waals surface area contributed by atoms with Crippen molar-refractivity contribution in [2.45, 2.75) is 0 Å². The zero-order valence-electron chi connectivity index (χ0n) is 17.3. The molecule has 0 saturated carbocycles. The number of thioether (sulfide) groups is 1. The van der Waals surface area contributed by atoms with Crippen LogP contribution in [-0.2, 0) is 9.59 Å². The van der Waals surface area contributed by atoms with Gasteiger partial charge in [-0.2, -0.15) is 4.39 Å². The number of ether oxygens (including phenoxy) is 3. The maximum absolute atomic E-state index is 13.6. The Labute approximate surface area is 195 Å². The fraction of sp³-hybridized carbons (Fsp3) is 0.190. The Hall–Kier alpha value is -4.13. The van der Waals surface area contributed by atoms with Gasteiger partial charge in [0.15, 0.2) is 18.1 Å². The van der Waals surface area contributed by atoms with Crippen LogP contribution in [0.15, 0.2) is 41.3 Å². The second-order valence-corrected chi connectivity index (χ2v) is 7.95. The molecule has 1 N–H and O–H groups in total. The van der Waals surface area contributed by atoms with E-state index >= 15 is 0 Å². The van der Waals surface area contributed by atoms with Crippen LogP contribution in [0.2, 0.25) is 0 Å². The minimum absolute atomic E-state index is 0.0217. The van der Waals surface area contributed by atoms with Crippen LogP contribution in [0.1, 0.15) is 5.56 Å². The summed E-state index contributed by atoms with van der Waals surface area (Å²) in [6.45, 7) is -0.437. The van der Waals surface area contributed by atoms with Gasteiger partial charge >= 0.3 is 5.69 Å². The van der Waals surface area contributed by atoms with Crippen LogP contribution in [0.4, 0.5) is 14.9 Å². The number of nitro benzene ring substituents is 1. The number of halogens is 1. The van der Waals surface area contributed by atoms with Crippen LogP contribution in [0.25, 0.3) is 6.08 Å². The fourth-order valence-corrected chi connectivity index (χ4v) is 3.94. The van der Waals surface area contributed by atoms with Crippen LogP contribution >= 0.6 is 11.8 Å². The predicted octanol–water partition coefficient (Wildman–Crippen LogP) is 2.69. The highest BCUT2D eigenvalue weighted by atomic mass is 32.2. The summed E-state index contributed by atoms with van der Waals surface area (Å²) in [4.78, 5) is 47.8. The Morgan fingerprint density at radius 2 is 2.03 bits per heavy atom. The average molecular weight is 489 g/mol. The quantitative estimate of drug-likeness (QED) is 0.337. The van der Waals surface area contributed by atoms with Crippen molar-refractivity contribution >= 4 is 40.6 Å². The van der Waals surface area contributed by atoms with Crippen molar-refractivity contribution in [2.24, 2.45) is 0 Å². The number of benzene rings is 2. The number of hydrogen-bond donors (Lipinski definition) is 1. The Kier molecular flexibility index (Phi) is 6.63. The first-order chi connectivity index (χ1) is 16.3. The lowest BCUT2D eigenvalue weighted by Gasteiger charge is -2.13. The molecule has 0 aromatic heterocycles. The molecule has 0 aliphatic carbocycles. The fourth-order valence-electron chi connectivity index (χ4n) is 3.08. The molecule has 0 unspecified atom stereocenters. The maximum Gasteiger partial charge on any atom is 0.305 e. The third kappa shape index (κ3) is 5.09. The molecule has 1 saturated heterocycles. The van der Waals surface area contributed by atoms with E-state index in [1.807, 2.05) is 0 Å². The molecular weight excluding hydrogens is 473 g/mol. The standard InChI is InChI=1S/C21H16FN3O8S/c22-14-9-13(2-3-15(14)25(29)30)31-10-19(26)23-5-6-24-20(27)18(34-21(24)28)8-12-1-4-16-17(7-12)33-11-32-16/h1-4,7-9H,5-6,10-11H2,(H,23,26)/b18-8+. The molecule has 0 atom stereocenters. The average Bonchev–Trinajstić information content (AvgIpc) is 3.36. The van der Waals surface area contributed by atoms with Gasteiger partial charge in [0.2, 0.25) is 12.6 Å². The van der Waals surface area contributed by atoms with Gasteiger partial charge in [-0.25, -0.2) is 0 Å². The summed E-state index contributed by atoms with van der Waals surface area (Å²) >= 11 is 0.786. The molecule has 2 aliphatic heterocycles. The molecule has 0 bridgehead atoms. The van der Waals surface area contributed by atoms with E-state index < -0.39 is 40.1 Å². The maximum atomic E-state index is 13.6. The molecule has 2 aliphatic rings. The second-order valence-electron chi connectivity index (χ2n) is 6.96. The molecule has 2 aromatic carbocycles. The van der Waals surface area contributed by atoms with Crippen molar-refractivity contribution in [3.05, 3.63) is 62.8 Å². The van der Waals surface area contributed by atoms with Gasteiger partial charge in [0, 0.05) is 25.2 Å². The molecule has 13 heteroatoms. The van der Waals surface area contributed by atoms with Gasteiger partial charge in [-0.1, -0.05) is 6.07 Å². The highest BCUT2D eigenvalue weighted by Crippen LogP contribution is 2.36. The molecule has 2 heterocycles. The summed E-state index contributed by atoms with van der Waals surface area (Å²) in [5.41, 5.74) is -0.0376. The number of hydrogen-bond acceptors (Lipinski definition) is 9. The zero-order valence-corrected chi connectivity index (χ0v) is 18.1. The minimum Gasteiger partial charge on any atom is -0.484 e. The Morgan fingerprint density at radius 3 is 2.79 bits per heavy atom. The minimum atomic E-state index is -1.09. The smallest absolute Gasteiger partial charge is 0.305 e. The molecule has 34 heavy (non-hydrogen) atoms. The predicted molar refractivity (Wildman–Crippen MR) is 117 cm³/mol. The summed E-state index contributed by atoms with van der Waals surface area (Å²) in [5.74, 6) is -1.06. The van der Waals surface area contributed by atoms with E-state index in [4.69, 9.17) is 14.2 Å². The summed E-state index contributed by atoms with van der Waals surface area (Å²) in [7, 11) is 0. The van der Waals surface area contributed by atoms with E-state index in [0.29, 0.717) is 17.1 Å². The normalized spacial score (nSPS) is 15.7. The molecule has 2 aromatic rings. The lowest BCUT2D eigenvalue weighted by atomic mass is 10.2. The summed E-state index contributed by atoms with van der Waals surface area (Å²) in [6, 6.07) is 8.05. The zero-order chi connectivity index (χ0) is 24.2. The highest BCUT2D eigenvalue weighted by molar-refractivity contribution is 8.18. The Bertz CT molecular complexity index is 1220. The number of amides is 3. The second kappa shape index (κ2) is 9.79. The van der Waals surface area contributed by atoms with Crippen molar-refractivity contribution in [3.8, 4) is 17.2 Å². The molecular formula is C21H16FN3O8S. The lowest BCUT2D eigenvalue weighted by molar-refractivity contribution is -0.387. The van der Waals surface area contributed by atoms with Crippen molar-refractivity contribution in [2.75, 3.05) is 26.5 Å². The van der Waals surface area contributed by atoms with Crippen molar-refractivity contribution in [3.63, 3.8) is 0 Å². The Morgan fingerprint density at radius 1 is 1.24 bits per heavy atom. The summed E-state index contributed by atoms with van der Waals surface area (Å²) in [6.07, 6.45) is 1.57. The number of nitro groups is 1.